The third-order valence-corrected chi connectivity index (χ3v) is 4.47. The normalized spacial score (nSPS) is 11.2. The molecule has 0 aliphatic heterocycles. The summed E-state index contributed by atoms with van der Waals surface area (Å²) in [5.41, 5.74) is 1.88. The molecule has 0 atom stereocenters. The number of nitrogens with zero attached hydrogens (tertiary/aromatic N) is 1. The van der Waals surface area contributed by atoms with Crippen LogP contribution in [0.3, 0.4) is 0 Å². The van der Waals surface area contributed by atoms with Crippen molar-refractivity contribution in [1.82, 2.24) is 14.8 Å². The van der Waals surface area contributed by atoms with Gasteiger partial charge in [-0.2, -0.15) is 0 Å². The minimum absolute atomic E-state index is 0.0742. The summed E-state index contributed by atoms with van der Waals surface area (Å²) in [6, 6.07) is 5.87. The number of hydrogen-bond donors (Lipinski definition) is 2. The molecule has 0 radical (unpaired) electrons. The van der Waals surface area contributed by atoms with Gasteiger partial charge in [0, 0.05) is 16.0 Å². The molecule has 0 amide bonds. The van der Waals surface area contributed by atoms with Gasteiger partial charge in [0.25, 0.3) is 5.56 Å². The minimum atomic E-state index is -0.0742. The van der Waals surface area contributed by atoms with E-state index >= 15 is 0 Å². The van der Waals surface area contributed by atoms with E-state index in [1.165, 1.54) is 0 Å². The summed E-state index contributed by atoms with van der Waals surface area (Å²) in [4.78, 5) is 11.6. The van der Waals surface area contributed by atoms with Gasteiger partial charge in [-0.15, -0.1) is 0 Å². The van der Waals surface area contributed by atoms with Gasteiger partial charge >= 0.3 is 0 Å². The average Bonchev–Trinajstić information content (AvgIpc) is 2.90. The number of nitrogens with one attached hydrogen (secondary N) is 2. The molecule has 0 fully saturated rings. The molecule has 2 aromatic heterocycles. The minimum Gasteiger partial charge on any atom is -0.322 e. The van der Waals surface area contributed by atoms with Gasteiger partial charge in [-0.05, 0) is 63.4 Å². The molecule has 0 bridgehead atoms. The Hall–Kier alpha value is -0.770. The predicted octanol–water partition coefficient (Wildman–Crippen LogP) is 2.86. The largest absolute Gasteiger partial charge is 0.322 e. The Morgan fingerprint density at radius 3 is 2.53 bits per heavy atom. The van der Waals surface area contributed by atoms with Gasteiger partial charge in [0.15, 0.2) is 0 Å². The molecule has 86 valence electrons. The molecule has 0 aliphatic rings. The Kier molecular flexibility index (Phi) is 2.77. The van der Waals surface area contributed by atoms with Crippen molar-refractivity contribution in [2.24, 2.45) is 0 Å². The van der Waals surface area contributed by atoms with Crippen molar-refractivity contribution >= 4 is 56.1 Å². The molecule has 0 aliphatic carbocycles. The van der Waals surface area contributed by atoms with Crippen LogP contribution in [0.1, 0.15) is 0 Å². The standard InChI is InChI=1S/C11H7I2N3O/c12-7-5-6-9(14-15-11(6)17)8(13)10(7)16-3-1-2-4-16/h1-5H,(H2,14,15,17). The quantitative estimate of drug-likeness (QED) is 0.550. The Labute approximate surface area is 124 Å². The zero-order valence-corrected chi connectivity index (χ0v) is 12.8. The van der Waals surface area contributed by atoms with Gasteiger partial charge in [-0.25, -0.2) is 0 Å². The van der Waals surface area contributed by atoms with E-state index < -0.39 is 0 Å². The second-order valence-electron chi connectivity index (χ2n) is 3.61. The number of hydrogen-bond acceptors (Lipinski definition) is 1. The van der Waals surface area contributed by atoms with Crippen LogP contribution in [0.2, 0.25) is 0 Å². The van der Waals surface area contributed by atoms with E-state index in [1.54, 1.807) is 0 Å². The van der Waals surface area contributed by atoms with E-state index in [4.69, 9.17) is 0 Å². The molecule has 4 nitrogen and oxygen atoms in total. The lowest BCUT2D eigenvalue weighted by molar-refractivity contribution is 1.05. The molecular weight excluding hydrogens is 444 g/mol. The summed E-state index contributed by atoms with van der Waals surface area (Å²) >= 11 is 4.52. The molecule has 0 spiro atoms. The van der Waals surface area contributed by atoms with Crippen LogP contribution in [0.25, 0.3) is 16.6 Å². The number of fused-ring (bicyclic) bond motifs is 1. The van der Waals surface area contributed by atoms with E-state index in [1.807, 2.05) is 35.2 Å². The number of halogens is 2. The van der Waals surface area contributed by atoms with Gasteiger partial charge in [0.05, 0.1) is 20.2 Å². The van der Waals surface area contributed by atoms with Gasteiger partial charge < -0.3 is 4.57 Å². The Bertz CT molecular complexity index is 740. The Balaban J connectivity index is 2.44. The first-order valence-corrected chi connectivity index (χ1v) is 7.06. The predicted molar refractivity (Wildman–Crippen MR) is 83.7 cm³/mol. The maximum absolute atomic E-state index is 11.6. The number of aromatic amines is 2. The number of benzene rings is 1. The van der Waals surface area contributed by atoms with Crippen molar-refractivity contribution in [2.75, 3.05) is 0 Å². The van der Waals surface area contributed by atoms with Crippen LogP contribution in [0.4, 0.5) is 0 Å². The molecule has 6 heteroatoms. The summed E-state index contributed by atoms with van der Waals surface area (Å²) in [6.07, 6.45) is 3.99. The molecule has 2 N–H and O–H groups in total. The lowest BCUT2D eigenvalue weighted by Crippen LogP contribution is -2.01. The van der Waals surface area contributed by atoms with Gasteiger partial charge in [0.2, 0.25) is 0 Å². The fourth-order valence-corrected chi connectivity index (χ4v) is 4.19. The summed E-state index contributed by atoms with van der Waals surface area (Å²) in [7, 11) is 0. The summed E-state index contributed by atoms with van der Waals surface area (Å²) in [5.74, 6) is 0. The van der Waals surface area contributed by atoms with Crippen LogP contribution in [0, 0.1) is 7.14 Å². The molecule has 2 heterocycles. The van der Waals surface area contributed by atoms with E-state index in [0.29, 0.717) is 5.39 Å². The lowest BCUT2D eigenvalue weighted by atomic mass is 10.2. The van der Waals surface area contributed by atoms with Crippen molar-refractivity contribution in [3.8, 4) is 5.69 Å². The van der Waals surface area contributed by atoms with Crippen LogP contribution < -0.4 is 5.56 Å². The first kappa shape index (κ1) is 11.3. The molecule has 0 saturated carbocycles. The number of aromatic nitrogens is 3. The van der Waals surface area contributed by atoms with Crippen LogP contribution in [-0.2, 0) is 0 Å². The van der Waals surface area contributed by atoms with E-state index in [2.05, 4.69) is 55.4 Å². The second-order valence-corrected chi connectivity index (χ2v) is 5.85. The highest BCUT2D eigenvalue weighted by Crippen LogP contribution is 2.28. The van der Waals surface area contributed by atoms with E-state index in [-0.39, 0.29) is 5.56 Å². The van der Waals surface area contributed by atoms with Crippen molar-refractivity contribution in [1.29, 1.82) is 0 Å². The Morgan fingerprint density at radius 2 is 1.82 bits per heavy atom. The molecule has 3 rings (SSSR count). The SMILES string of the molecule is O=c1[nH][nH]c2c(I)c(-n3cccc3)c(I)cc12. The van der Waals surface area contributed by atoms with Crippen molar-refractivity contribution in [2.45, 2.75) is 0 Å². The number of rotatable bonds is 1. The lowest BCUT2D eigenvalue weighted by Gasteiger charge is -2.09. The third kappa shape index (κ3) is 1.73. The van der Waals surface area contributed by atoms with Crippen LogP contribution in [-0.4, -0.2) is 14.8 Å². The first-order valence-electron chi connectivity index (χ1n) is 4.90. The molecular formula is C11H7I2N3O. The molecule has 0 saturated heterocycles. The van der Waals surface area contributed by atoms with Gasteiger partial charge in [0.1, 0.15) is 0 Å². The molecule has 17 heavy (non-hydrogen) atoms. The summed E-state index contributed by atoms with van der Waals surface area (Å²) in [5, 5.41) is 6.25. The molecule has 1 aromatic carbocycles. The zero-order valence-electron chi connectivity index (χ0n) is 8.50. The molecule has 3 aromatic rings. The topological polar surface area (TPSA) is 53.6 Å². The highest BCUT2D eigenvalue weighted by Gasteiger charge is 2.14. The van der Waals surface area contributed by atoms with E-state index in [9.17, 15) is 4.79 Å². The number of H-pyrrole nitrogens is 2. The van der Waals surface area contributed by atoms with Crippen molar-refractivity contribution < 1.29 is 0 Å². The van der Waals surface area contributed by atoms with Crippen molar-refractivity contribution in [3.63, 3.8) is 0 Å². The summed E-state index contributed by atoms with van der Waals surface area (Å²) < 4.78 is 4.15. The molecule has 0 unspecified atom stereocenters. The van der Waals surface area contributed by atoms with E-state index in [0.717, 1.165) is 18.3 Å². The van der Waals surface area contributed by atoms with Gasteiger partial charge in [-0.3, -0.25) is 15.0 Å². The van der Waals surface area contributed by atoms with Crippen LogP contribution in [0.5, 0.6) is 0 Å². The smallest absolute Gasteiger partial charge is 0.271 e. The fourth-order valence-electron chi connectivity index (χ4n) is 1.82. The maximum atomic E-state index is 11.6. The third-order valence-electron chi connectivity index (χ3n) is 2.60. The monoisotopic (exact) mass is 451 g/mol. The Morgan fingerprint density at radius 1 is 1.12 bits per heavy atom. The highest BCUT2D eigenvalue weighted by molar-refractivity contribution is 14.1. The van der Waals surface area contributed by atoms with Crippen LogP contribution >= 0.6 is 45.2 Å². The summed E-state index contributed by atoms with van der Waals surface area (Å²) in [6.45, 7) is 0. The highest BCUT2D eigenvalue weighted by atomic mass is 127. The second kappa shape index (κ2) is 4.16. The average molecular weight is 451 g/mol. The maximum Gasteiger partial charge on any atom is 0.271 e. The zero-order chi connectivity index (χ0) is 12.0. The first-order chi connectivity index (χ1) is 8.18. The van der Waals surface area contributed by atoms with Gasteiger partial charge in [-0.1, -0.05) is 0 Å². The van der Waals surface area contributed by atoms with Crippen LogP contribution in [0.15, 0.2) is 35.4 Å². The van der Waals surface area contributed by atoms with Crippen molar-refractivity contribution in [3.05, 3.63) is 48.1 Å². The fraction of sp³-hybridized carbons (Fsp3) is 0.